The van der Waals surface area contributed by atoms with Gasteiger partial charge in [0.15, 0.2) is 6.04 Å². The number of aliphatic carboxylic acids is 1. The van der Waals surface area contributed by atoms with Gasteiger partial charge < -0.3 is 15.7 Å². The molecular weight excluding hydrogens is 593 g/mol. The number of hydrazine groups is 1. The molecule has 1 fully saturated rings. The van der Waals surface area contributed by atoms with Crippen molar-refractivity contribution in [2.45, 2.75) is 77.8 Å². The van der Waals surface area contributed by atoms with Crippen LogP contribution < -0.4 is 16.1 Å². The maximum atomic E-state index is 13.3. The van der Waals surface area contributed by atoms with Crippen molar-refractivity contribution in [3.05, 3.63) is 47.7 Å². The average molecular weight is 633 g/mol. The standard InChI is InChI=1S/C31H39F3N6O5/c1-17(2)24(26(41)36-18(3)27(42)40-15-7-8-22(39-40)28(43)44)38-29(45)30(4,5)14-13-19-9-10-20-11-12-21(37-23(20)16-19)25(35-6)31(32,33)34/h9-14,16-18,22,24-25,39H,6-8,15H2,1-5H3,(H,36,41)(H,38,45)(H,43,44)/b14-13+/t18-,22-,24-,25-/m0/s1. The summed E-state index contributed by atoms with van der Waals surface area (Å²) in [6.45, 7) is 11.6. The fourth-order valence-electron chi connectivity index (χ4n) is 4.74. The first-order valence-corrected chi connectivity index (χ1v) is 14.5. The number of carbonyl (C=O) groups excluding carboxylic acids is 3. The summed E-state index contributed by atoms with van der Waals surface area (Å²) in [5.41, 5.74) is 2.17. The monoisotopic (exact) mass is 632 g/mol. The lowest BCUT2D eigenvalue weighted by atomic mass is 9.89. The van der Waals surface area contributed by atoms with Crippen molar-refractivity contribution in [3.63, 3.8) is 0 Å². The van der Waals surface area contributed by atoms with Gasteiger partial charge in [0.2, 0.25) is 11.8 Å². The molecule has 2 heterocycles. The lowest BCUT2D eigenvalue weighted by Gasteiger charge is -2.34. The first kappa shape index (κ1) is 35.2. The van der Waals surface area contributed by atoms with E-state index in [9.17, 15) is 37.5 Å². The number of carboxylic acids is 1. The Labute approximate surface area is 259 Å². The molecule has 0 saturated carbocycles. The summed E-state index contributed by atoms with van der Waals surface area (Å²) in [5, 5.41) is 16.4. The predicted molar refractivity (Wildman–Crippen MR) is 163 cm³/mol. The average Bonchev–Trinajstić information content (AvgIpc) is 2.97. The van der Waals surface area contributed by atoms with Gasteiger partial charge in [-0.25, -0.2) is 5.43 Å². The Bertz CT molecular complexity index is 1480. The minimum Gasteiger partial charge on any atom is -0.480 e. The fraction of sp³-hybridized carbons (Fsp3) is 0.484. The van der Waals surface area contributed by atoms with Gasteiger partial charge >= 0.3 is 12.1 Å². The number of nitrogens with one attached hydrogen (secondary N) is 3. The summed E-state index contributed by atoms with van der Waals surface area (Å²) in [6.07, 6.45) is -0.515. The maximum Gasteiger partial charge on any atom is 0.416 e. The van der Waals surface area contributed by atoms with Crippen LogP contribution in [0.25, 0.3) is 17.0 Å². The second kappa shape index (κ2) is 14.2. The van der Waals surface area contributed by atoms with Gasteiger partial charge in [-0.3, -0.25) is 34.2 Å². The van der Waals surface area contributed by atoms with E-state index < -0.39 is 59.4 Å². The number of halogens is 3. The van der Waals surface area contributed by atoms with Crippen molar-refractivity contribution >= 4 is 47.4 Å². The smallest absolute Gasteiger partial charge is 0.416 e. The molecule has 14 heteroatoms. The van der Waals surface area contributed by atoms with E-state index >= 15 is 0 Å². The summed E-state index contributed by atoms with van der Waals surface area (Å²) in [4.78, 5) is 58.0. The quantitative estimate of drug-likeness (QED) is 0.275. The Morgan fingerprint density at radius 3 is 2.40 bits per heavy atom. The number of pyridine rings is 1. The highest BCUT2D eigenvalue weighted by molar-refractivity contribution is 5.94. The summed E-state index contributed by atoms with van der Waals surface area (Å²) < 4.78 is 40.0. The first-order valence-electron chi connectivity index (χ1n) is 14.5. The number of carboxylic acid groups (broad SMARTS) is 1. The van der Waals surface area contributed by atoms with E-state index in [0.717, 1.165) is 0 Å². The molecule has 0 aliphatic carbocycles. The van der Waals surface area contributed by atoms with Gasteiger partial charge in [0.1, 0.15) is 18.1 Å². The second-order valence-corrected chi connectivity index (χ2v) is 11.9. The number of aliphatic imine (C=N–C) groups is 1. The largest absolute Gasteiger partial charge is 0.480 e. The summed E-state index contributed by atoms with van der Waals surface area (Å²) >= 11 is 0. The fourth-order valence-corrected chi connectivity index (χ4v) is 4.74. The van der Waals surface area contributed by atoms with E-state index in [-0.39, 0.29) is 11.6 Å². The molecule has 3 amide bonds. The van der Waals surface area contributed by atoms with Crippen LogP contribution in [-0.2, 0) is 19.2 Å². The zero-order valence-corrected chi connectivity index (χ0v) is 25.8. The van der Waals surface area contributed by atoms with Gasteiger partial charge in [0.05, 0.1) is 16.6 Å². The van der Waals surface area contributed by atoms with Crippen molar-refractivity contribution in [1.29, 1.82) is 0 Å². The summed E-state index contributed by atoms with van der Waals surface area (Å²) in [6, 6.07) is 2.79. The zero-order valence-electron chi connectivity index (χ0n) is 25.8. The van der Waals surface area contributed by atoms with Crippen molar-refractivity contribution in [1.82, 2.24) is 26.1 Å². The molecular formula is C31H39F3N6O5. The zero-order chi connectivity index (χ0) is 33.7. The van der Waals surface area contributed by atoms with Crippen molar-refractivity contribution in [2.75, 3.05) is 6.54 Å². The molecule has 1 aromatic heterocycles. The van der Waals surface area contributed by atoms with Crippen molar-refractivity contribution < 1.29 is 37.5 Å². The molecule has 244 valence electrons. The van der Waals surface area contributed by atoms with Gasteiger partial charge in [-0.15, -0.1) is 0 Å². The molecule has 3 rings (SSSR count). The lowest BCUT2D eigenvalue weighted by Crippen LogP contribution is -2.61. The molecule has 0 radical (unpaired) electrons. The van der Waals surface area contributed by atoms with Gasteiger partial charge in [-0.2, -0.15) is 13.2 Å². The molecule has 1 aromatic carbocycles. The minimum absolute atomic E-state index is 0.281. The second-order valence-electron chi connectivity index (χ2n) is 11.9. The van der Waals surface area contributed by atoms with Crippen molar-refractivity contribution in [3.8, 4) is 0 Å². The number of carbonyl (C=O) groups is 4. The highest BCUT2D eigenvalue weighted by atomic mass is 19.4. The highest BCUT2D eigenvalue weighted by Crippen LogP contribution is 2.35. The van der Waals surface area contributed by atoms with E-state index in [4.69, 9.17) is 0 Å². The lowest BCUT2D eigenvalue weighted by molar-refractivity contribution is -0.149. The predicted octanol–water partition coefficient (Wildman–Crippen LogP) is 3.80. The topological polar surface area (TPSA) is 153 Å². The minimum atomic E-state index is -4.63. The molecule has 2 aromatic rings. The van der Waals surface area contributed by atoms with Crippen LogP contribution in [0.4, 0.5) is 13.2 Å². The Morgan fingerprint density at radius 1 is 1.13 bits per heavy atom. The Hall–Kier alpha value is -4.33. The molecule has 4 N–H and O–H groups in total. The third kappa shape index (κ3) is 8.87. The SMILES string of the molecule is C=N[C@@H](c1ccc2ccc(/C=C/C(C)(C)C(=O)N[C@H](C(=O)N[C@@H](C)C(=O)N3CCC[C@@H](C(=O)O)N3)C(C)C)cc2n1)C(F)(F)F. The molecule has 45 heavy (non-hydrogen) atoms. The number of nitrogens with zero attached hydrogens (tertiary/aromatic N) is 3. The molecule has 1 aliphatic heterocycles. The normalized spacial score (nSPS) is 18.0. The summed E-state index contributed by atoms with van der Waals surface area (Å²) in [5.74, 6) is -2.96. The van der Waals surface area contributed by atoms with Crippen LogP contribution in [0, 0.1) is 11.3 Å². The molecule has 1 aliphatic rings. The highest BCUT2D eigenvalue weighted by Gasteiger charge is 2.41. The van der Waals surface area contributed by atoms with Crippen LogP contribution in [0.5, 0.6) is 0 Å². The van der Waals surface area contributed by atoms with E-state index in [1.807, 2.05) is 0 Å². The van der Waals surface area contributed by atoms with E-state index in [2.05, 4.69) is 32.8 Å². The number of aromatic nitrogens is 1. The number of fused-ring (bicyclic) bond motifs is 1. The van der Waals surface area contributed by atoms with Gasteiger partial charge in [0.25, 0.3) is 5.91 Å². The van der Waals surface area contributed by atoms with Gasteiger partial charge in [0, 0.05) is 11.9 Å². The van der Waals surface area contributed by atoms with E-state index in [0.29, 0.717) is 35.9 Å². The Morgan fingerprint density at radius 2 is 1.80 bits per heavy atom. The third-order valence-corrected chi connectivity index (χ3v) is 7.50. The maximum absolute atomic E-state index is 13.3. The molecule has 11 nitrogen and oxygen atoms in total. The molecule has 4 atom stereocenters. The van der Waals surface area contributed by atoms with Crippen LogP contribution in [-0.4, -0.2) is 76.4 Å². The van der Waals surface area contributed by atoms with Gasteiger partial charge in [-0.05, 0) is 63.9 Å². The van der Waals surface area contributed by atoms with Crippen molar-refractivity contribution in [2.24, 2.45) is 16.3 Å². The molecule has 0 bridgehead atoms. The summed E-state index contributed by atoms with van der Waals surface area (Å²) in [7, 11) is 0. The molecule has 0 spiro atoms. The van der Waals surface area contributed by atoms with Gasteiger partial charge in [-0.1, -0.05) is 44.2 Å². The Balaban J connectivity index is 1.70. The van der Waals surface area contributed by atoms with Crippen LogP contribution in [0.3, 0.4) is 0 Å². The number of hydrogen-bond acceptors (Lipinski definition) is 7. The van der Waals surface area contributed by atoms with E-state index in [1.54, 1.807) is 58.0 Å². The number of benzene rings is 1. The van der Waals surface area contributed by atoms with Crippen LogP contribution >= 0.6 is 0 Å². The Kier molecular flexibility index (Phi) is 11.1. The molecule has 0 unspecified atom stereocenters. The number of rotatable bonds is 11. The first-order chi connectivity index (χ1) is 20.9. The van der Waals surface area contributed by atoms with Crippen LogP contribution in [0.1, 0.15) is 64.8 Å². The number of alkyl halides is 3. The molecule has 1 saturated heterocycles. The number of hydrogen-bond donors (Lipinski definition) is 4. The van der Waals surface area contributed by atoms with Crippen LogP contribution in [0.15, 0.2) is 41.4 Å². The number of amides is 3. The van der Waals surface area contributed by atoms with E-state index in [1.165, 1.54) is 24.1 Å². The third-order valence-electron chi connectivity index (χ3n) is 7.50. The van der Waals surface area contributed by atoms with Crippen LogP contribution in [0.2, 0.25) is 0 Å².